The van der Waals surface area contributed by atoms with Gasteiger partial charge in [-0.2, -0.15) is 0 Å². The van der Waals surface area contributed by atoms with Crippen molar-refractivity contribution in [2.45, 2.75) is 20.3 Å². The standard InChI is InChI=1S/C19H21FN2O3/c1-3-25-16-10-8-15(9-11-16)21-19(24)12-13-22(14(2)23)18-7-5-4-6-17(18)20/h4-11H,3,12-13H2,1-2H3,(H,21,24). The molecule has 0 fully saturated rings. The van der Waals surface area contributed by atoms with Crippen molar-refractivity contribution in [2.75, 3.05) is 23.4 Å². The normalized spacial score (nSPS) is 10.2. The van der Waals surface area contributed by atoms with E-state index in [-0.39, 0.29) is 30.5 Å². The van der Waals surface area contributed by atoms with Crippen molar-refractivity contribution in [3.63, 3.8) is 0 Å². The minimum atomic E-state index is -0.496. The SMILES string of the molecule is CCOc1ccc(NC(=O)CCN(C(C)=O)c2ccccc2F)cc1. The maximum Gasteiger partial charge on any atom is 0.226 e. The number of carbonyl (C=O) groups excluding carboxylic acids is 2. The molecule has 0 atom stereocenters. The number of hydrogen-bond donors (Lipinski definition) is 1. The van der Waals surface area contributed by atoms with Gasteiger partial charge in [0.1, 0.15) is 11.6 Å². The molecule has 2 aromatic carbocycles. The highest BCUT2D eigenvalue weighted by atomic mass is 19.1. The van der Waals surface area contributed by atoms with E-state index in [1.807, 2.05) is 6.92 Å². The molecule has 0 aliphatic rings. The number of nitrogens with zero attached hydrogens (tertiary/aromatic N) is 1. The zero-order valence-corrected chi connectivity index (χ0v) is 14.3. The molecule has 0 radical (unpaired) electrons. The highest BCUT2D eigenvalue weighted by molar-refractivity contribution is 5.94. The second kappa shape index (κ2) is 8.82. The maximum absolute atomic E-state index is 13.9. The van der Waals surface area contributed by atoms with Gasteiger partial charge in [-0.1, -0.05) is 12.1 Å². The van der Waals surface area contributed by atoms with Crippen molar-refractivity contribution >= 4 is 23.2 Å². The van der Waals surface area contributed by atoms with Crippen LogP contribution in [-0.2, 0) is 9.59 Å². The van der Waals surface area contributed by atoms with Gasteiger partial charge >= 0.3 is 0 Å². The molecule has 0 heterocycles. The minimum absolute atomic E-state index is 0.0567. The third-order valence-electron chi connectivity index (χ3n) is 3.53. The highest BCUT2D eigenvalue weighted by Crippen LogP contribution is 2.20. The molecular formula is C19H21FN2O3. The van der Waals surface area contributed by atoms with E-state index < -0.39 is 5.82 Å². The van der Waals surface area contributed by atoms with Gasteiger partial charge < -0.3 is 15.0 Å². The fraction of sp³-hybridized carbons (Fsp3) is 0.263. The van der Waals surface area contributed by atoms with Crippen molar-refractivity contribution in [2.24, 2.45) is 0 Å². The molecule has 0 aliphatic carbocycles. The molecule has 2 amide bonds. The molecule has 2 aromatic rings. The van der Waals surface area contributed by atoms with E-state index in [9.17, 15) is 14.0 Å². The minimum Gasteiger partial charge on any atom is -0.494 e. The number of rotatable bonds is 7. The topological polar surface area (TPSA) is 58.6 Å². The average molecular weight is 344 g/mol. The lowest BCUT2D eigenvalue weighted by Gasteiger charge is -2.21. The van der Waals surface area contributed by atoms with Crippen LogP contribution in [0.5, 0.6) is 5.75 Å². The first kappa shape index (κ1) is 18.4. The smallest absolute Gasteiger partial charge is 0.226 e. The Kier molecular flexibility index (Phi) is 6.51. The molecule has 0 spiro atoms. The Balaban J connectivity index is 1.95. The third kappa shape index (κ3) is 5.31. The monoisotopic (exact) mass is 344 g/mol. The van der Waals surface area contributed by atoms with E-state index in [1.54, 1.807) is 36.4 Å². The van der Waals surface area contributed by atoms with Crippen LogP contribution >= 0.6 is 0 Å². The van der Waals surface area contributed by atoms with Gasteiger partial charge in [-0.15, -0.1) is 0 Å². The van der Waals surface area contributed by atoms with Gasteiger partial charge in [-0.3, -0.25) is 9.59 Å². The largest absolute Gasteiger partial charge is 0.494 e. The Morgan fingerprint density at radius 2 is 1.80 bits per heavy atom. The van der Waals surface area contributed by atoms with Crippen LogP contribution in [0.2, 0.25) is 0 Å². The lowest BCUT2D eigenvalue weighted by atomic mass is 10.2. The zero-order chi connectivity index (χ0) is 18.2. The van der Waals surface area contributed by atoms with Crippen LogP contribution in [0.15, 0.2) is 48.5 Å². The summed E-state index contributed by atoms with van der Waals surface area (Å²) in [4.78, 5) is 25.1. The van der Waals surface area contributed by atoms with Crippen LogP contribution in [0.4, 0.5) is 15.8 Å². The third-order valence-corrected chi connectivity index (χ3v) is 3.53. The van der Waals surface area contributed by atoms with Crippen LogP contribution < -0.4 is 15.0 Å². The van der Waals surface area contributed by atoms with Gasteiger partial charge in [0, 0.05) is 25.6 Å². The number of para-hydroxylation sites is 1. The van der Waals surface area contributed by atoms with Crippen molar-refractivity contribution < 1.29 is 18.7 Å². The molecule has 0 saturated heterocycles. The Labute approximate surface area is 146 Å². The summed E-state index contributed by atoms with van der Waals surface area (Å²) < 4.78 is 19.2. The van der Waals surface area contributed by atoms with Gasteiger partial charge in [0.2, 0.25) is 11.8 Å². The lowest BCUT2D eigenvalue weighted by Crippen LogP contribution is -2.32. The Bertz CT molecular complexity index is 732. The number of amides is 2. The Morgan fingerprint density at radius 3 is 2.40 bits per heavy atom. The van der Waals surface area contributed by atoms with E-state index in [1.165, 1.54) is 24.0 Å². The van der Waals surface area contributed by atoms with Gasteiger partial charge in [-0.05, 0) is 43.3 Å². The predicted molar refractivity (Wildman–Crippen MR) is 95.3 cm³/mol. The summed E-state index contributed by atoms with van der Waals surface area (Å²) in [5.41, 5.74) is 0.803. The molecule has 0 unspecified atom stereocenters. The van der Waals surface area contributed by atoms with Crippen molar-refractivity contribution in [3.05, 3.63) is 54.3 Å². The number of ether oxygens (including phenoxy) is 1. The van der Waals surface area contributed by atoms with Crippen molar-refractivity contribution in [3.8, 4) is 5.75 Å². The zero-order valence-electron chi connectivity index (χ0n) is 14.3. The van der Waals surface area contributed by atoms with Crippen LogP contribution in [0.3, 0.4) is 0 Å². The van der Waals surface area contributed by atoms with Gasteiger partial charge in [0.25, 0.3) is 0 Å². The van der Waals surface area contributed by atoms with E-state index in [0.717, 1.165) is 5.75 Å². The first-order chi connectivity index (χ1) is 12.0. The van der Waals surface area contributed by atoms with Crippen LogP contribution in [0.1, 0.15) is 20.3 Å². The van der Waals surface area contributed by atoms with Crippen LogP contribution in [0, 0.1) is 5.82 Å². The molecule has 0 saturated carbocycles. The fourth-order valence-corrected chi connectivity index (χ4v) is 2.36. The number of anilines is 2. The molecule has 0 bridgehead atoms. The summed E-state index contributed by atoms with van der Waals surface area (Å²) in [6, 6.07) is 13.0. The molecule has 6 heteroatoms. The number of hydrogen-bond acceptors (Lipinski definition) is 3. The first-order valence-corrected chi connectivity index (χ1v) is 8.06. The molecule has 0 aromatic heterocycles. The summed E-state index contributed by atoms with van der Waals surface area (Å²) in [6.07, 6.45) is 0.0567. The van der Waals surface area contributed by atoms with Gasteiger partial charge in [0.15, 0.2) is 0 Å². The van der Waals surface area contributed by atoms with Gasteiger partial charge in [0.05, 0.1) is 12.3 Å². The second-order valence-electron chi connectivity index (χ2n) is 5.38. The van der Waals surface area contributed by atoms with E-state index >= 15 is 0 Å². The molecule has 132 valence electrons. The number of halogens is 1. The lowest BCUT2D eigenvalue weighted by molar-refractivity contribution is -0.117. The number of benzene rings is 2. The summed E-state index contributed by atoms with van der Waals surface area (Å²) in [7, 11) is 0. The van der Waals surface area contributed by atoms with E-state index in [4.69, 9.17) is 4.74 Å². The second-order valence-corrected chi connectivity index (χ2v) is 5.38. The van der Waals surface area contributed by atoms with Crippen molar-refractivity contribution in [1.82, 2.24) is 0 Å². The molecule has 5 nitrogen and oxygen atoms in total. The Morgan fingerprint density at radius 1 is 1.12 bits per heavy atom. The molecule has 1 N–H and O–H groups in total. The average Bonchev–Trinajstić information content (AvgIpc) is 2.58. The number of carbonyl (C=O) groups is 2. The van der Waals surface area contributed by atoms with Crippen LogP contribution in [-0.4, -0.2) is 25.0 Å². The summed E-state index contributed by atoms with van der Waals surface area (Å²) in [5.74, 6) is -0.349. The quantitative estimate of drug-likeness (QED) is 0.835. The van der Waals surface area contributed by atoms with Crippen LogP contribution in [0.25, 0.3) is 0 Å². The highest BCUT2D eigenvalue weighted by Gasteiger charge is 2.16. The first-order valence-electron chi connectivity index (χ1n) is 8.06. The number of nitrogens with one attached hydrogen (secondary N) is 1. The molecule has 25 heavy (non-hydrogen) atoms. The Hall–Kier alpha value is -2.89. The molecule has 2 rings (SSSR count). The fourth-order valence-electron chi connectivity index (χ4n) is 2.36. The summed E-state index contributed by atoms with van der Waals surface area (Å²) in [6.45, 7) is 3.91. The maximum atomic E-state index is 13.9. The molecule has 0 aliphatic heterocycles. The summed E-state index contributed by atoms with van der Waals surface area (Å²) >= 11 is 0. The van der Waals surface area contributed by atoms with Crippen molar-refractivity contribution in [1.29, 1.82) is 0 Å². The van der Waals surface area contributed by atoms with E-state index in [0.29, 0.717) is 12.3 Å². The molecular weight excluding hydrogens is 323 g/mol. The predicted octanol–water partition coefficient (Wildman–Crippen LogP) is 3.61. The van der Waals surface area contributed by atoms with E-state index in [2.05, 4.69) is 5.32 Å². The summed E-state index contributed by atoms with van der Waals surface area (Å²) in [5, 5.41) is 2.75. The van der Waals surface area contributed by atoms with Gasteiger partial charge in [-0.25, -0.2) is 4.39 Å².